The lowest BCUT2D eigenvalue weighted by atomic mass is 10.0. The number of ketones is 1. The Kier molecular flexibility index (Phi) is 3.58. The molecule has 90 valence electrons. The highest BCUT2D eigenvalue weighted by atomic mass is 35.5. The highest BCUT2D eigenvalue weighted by molar-refractivity contribution is 6.67. The van der Waals surface area contributed by atoms with Crippen molar-refractivity contribution in [2.45, 2.75) is 6.42 Å². The molecule has 0 saturated heterocycles. The molecule has 0 aliphatic heterocycles. The fourth-order valence-corrected chi connectivity index (χ4v) is 1.92. The van der Waals surface area contributed by atoms with E-state index in [4.69, 9.17) is 11.6 Å². The van der Waals surface area contributed by atoms with Crippen LogP contribution < -0.4 is 0 Å². The monoisotopic (exact) mass is 258 g/mol. The molecular formula is C15H11ClO2. The van der Waals surface area contributed by atoms with E-state index < -0.39 is 5.24 Å². The predicted molar refractivity (Wildman–Crippen MR) is 73.0 cm³/mol. The zero-order valence-corrected chi connectivity index (χ0v) is 10.4. The highest BCUT2D eigenvalue weighted by Crippen LogP contribution is 2.19. The van der Waals surface area contributed by atoms with Crippen LogP contribution in [0.4, 0.5) is 0 Å². The van der Waals surface area contributed by atoms with Gasteiger partial charge in [-0.1, -0.05) is 30.8 Å². The second kappa shape index (κ2) is 5.15. The Balaban J connectivity index is 2.41. The summed E-state index contributed by atoms with van der Waals surface area (Å²) in [5.41, 5.74) is 1.40. The first-order valence-corrected chi connectivity index (χ1v) is 5.86. The molecule has 2 nitrogen and oxygen atoms in total. The minimum absolute atomic E-state index is 0.0121. The van der Waals surface area contributed by atoms with E-state index >= 15 is 0 Å². The Morgan fingerprint density at radius 3 is 2.44 bits per heavy atom. The van der Waals surface area contributed by atoms with Gasteiger partial charge in [0.15, 0.2) is 5.78 Å². The normalized spacial score (nSPS) is 10.3. The molecule has 2 rings (SSSR count). The van der Waals surface area contributed by atoms with Crippen LogP contribution in [0.2, 0.25) is 0 Å². The zero-order chi connectivity index (χ0) is 13.1. The van der Waals surface area contributed by atoms with Crippen molar-refractivity contribution in [3.8, 4) is 0 Å². The van der Waals surface area contributed by atoms with E-state index in [-0.39, 0.29) is 5.78 Å². The van der Waals surface area contributed by atoms with E-state index in [1.54, 1.807) is 12.1 Å². The number of carbonyl (C=O) groups is 2. The molecule has 0 saturated carbocycles. The molecule has 2 aromatic rings. The first kappa shape index (κ1) is 12.5. The fourth-order valence-electron chi connectivity index (χ4n) is 1.80. The van der Waals surface area contributed by atoms with Gasteiger partial charge in [-0.25, -0.2) is 0 Å². The average molecular weight is 259 g/mol. The molecular weight excluding hydrogens is 248 g/mol. The van der Waals surface area contributed by atoms with Crippen molar-refractivity contribution >= 4 is 33.4 Å². The van der Waals surface area contributed by atoms with Crippen LogP contribution in [-0.2, 0) is 11.2 Å². The molecule has 0 fully saturated rings. The molecule has 0 spiro atoms. The smallest absolute Gasteiger partial charge is 0.252 e. The van der Waals surface area contributed by atoms with E-state index in [1.807, 2.05) is 24.3 Å². The first-order chi connectivity index (χ1) is 8.60. The van der Waals surface area contributed by atoms with E-state index in [9.17, 15) is 9.59 Å². The van der Waals surface area contributed by atoms with Crippen LogP contribution in [0.3, 0.4) is 0 Å². The van der Waals surface area contributed by atoms with Crippen molar-refractivity contribution in [2.24, 2.45) is 0 Å². The van der Waals surface area contributed by atoms with E-state index in [2.05, 4.69) is 6.58 Å². The molecule has 0 unspecified atom stereocenters. The summed E-state index contributed by atoms with van der Waals surface area (Å²) in [4.78, 5) is 22.3. The van der Waals surface area contributed by atoms with Crippen LogP contribution in [0.1, 0.15) is 15.9 Å². The van der Waals surface area contributed by atoms with Gasteiger partial charge >= 0.3 is 0 Å². The molecule has 0 bridgehead atoms. The third-order valence-electron chi connectivity index (χ3n) is 2.74. The van der Waals surface area contributed by atoms with Crippen molar-refractivity contribution in [1.29, 1.82) is 0 Å². The van der Waals surface area contributed by atoms with Gasteiger partial charge in [0.25, 0.3) is 5.24 Å². The van der Waals surface area contributed by atoms with Gasteiger partial charge in [0.2, 0.25) is 0 Å². The number of hydrogen-bond donors (Lipinski definition) is 0. The molecule has 0 aliphatic rings. The second-order valence-corrected chi connectivity index (χ2v) is 4.36. The van der Waals surface area contributed by atoms with Crippen LogP contribution in [0.5, 0.6) is 0 Å². The molecule has 0 aliphatic carbocycles. The lowest BCUT2D eigenvalue weighted by molar-refractivity contribution is -0.114. The first-order valence-electron chi connectivity index (χ1n) is 5.48. The van der Waals surface area contributed by atoms with E-state index in [0.717, 1.165) is 16.3 Å². The number of halogens is 1. The molecule has 0 atom stereocenters. The maximum atomic E-state index is 11.3. The molecule has 0 radical (unpaired) electrons. The Labute approximate surface area is 110 Å². The zero-order valence-electron chi connectivity index (χ0n) is 9.65. The summed E-state index contributed by atoms with van der Waals surface area (Å²) < 4.78 is 0. The van der Waals surface area contributed by atoms with E-state index in [0.29, 0.717) is 12.0 Å². The SMILES string of the molecule is C=CC(=O)Cc1ccc2cc(C(=O)Cl)ccc2c1. The van der Waals surface area contributed by atoms with Crippen molar-refractivity contribution in [2.75, 3.05) is 0 Å². The third kappa shape index (κ3) is 2.66. The van der Waals surface area contributed by atoms with Gasteiger partial charge in [-0.05, 0) is 46.1 Å². The number of allylic oxidation sites excluding steroid dienone is 1. The predicted octanol–water partition coefficient (Wildman–Crippen LogP) is 3.52. The molecule has 0 aromatic heterocycles. The lowest BCUT2D eigenvalue weighted by Gasteiger charge is -2.03. The topological polar surface area (TPSA) is 34.1 Å². The number of rotatable bonds is 4. The van der Waals surface area contributed by atoms with Crippen molar-refractivity contribution in [1.82, 2.24) is 0 Å². The maximum Gasteiger partial charge on any atom is 0.252 e. The van der Waals surface area contributed by atoms with Gasteiger partial charge in [-0.2, -0.15) is 0 Å². The van der Waals surface area contributed by atoms with Crippen LogP contribution in [0, 0.1) is 0 Å². The maximum absolute atomic E-state index is 11.3. The fraction of sp³-hybridized carbons (Fsp3) is 0.0667. The van der Waals surface area contributed by atoms with Crippen LogP contribution >= 0.6 is 11.6 Å². The highest BCUT2D eigenvalue weighted by Gasteiger charge is 2.04. The van der Waals surface area contributed by atoms with Crippen LogP contribution in [-0.4, -0.2) is 11.0 Å². The molecule has 18 heavy (non-hydrogen) atoms. The quantitative estimate of drug-likeness (QED) is 0.621. The van der Waals surface area contributed by atoms with E-state index in [1.165, 1.54) is 6.08 Å². The Morgan fingerprint density at radius 1 is 1.11 bits per heavy atom. The summed E-state index contributed by atoms with van der Waals surface area (Å²) in [6.07, 6.45) is 1.66. The largest absolute Gasteiger partial charge is 0.295 e. The average Bonchev–Trinajstić information content (AvgIpc) is 2.37. The summed E-state index contributed by atoms with van der Waals surface area (Å²) in [7, 11) is 0. The van der Waals surface area contributed by atoms with Gasteiger partial charge in [0.05, 0.1) is 0 Å². The minimum atomic E-state index is -0.470. The number of hydrogen-bond acceptors (Lipinski definition) is 2. The lowest BCUT2D eigenvalue weighted by Crippen LogP contribution is -1.97. The number of carbonyl (C=O) groups excluding carboxylic acids is 2. The van der Waals surface area contributed by atoms with Gasteiger partial charge in [-0.3, -0.25) is 9.59 Å². The number of benzene rings is 2. The standard InChI is InChI=1S/C15H11ClO2/c1-2-14(17)8-10-3-4-12-9-13(15(16)18)6-5-11(12)7-10/h2-7,9H,1,8H2. The van der Waals surface area contributed by atoms with Gasteiger partial charge in [-0.15, -0.1) is 0 Å². The Morgan fingerprint density at radius 2 is 1.78 bits per heavy atom. The van der Waals surface area contributed by atoms with Crippen molar-refractivity contribution in [3.05, 3.63) is 60.2 Å². The minimum Gasteiger partial charge on any atom is -0.295 e. The van der Waals surface area contributed by atoms with Gasteiger partial charge in [0, 0.05) is 12.0 Å². The molecule has 3 heteroatoms. The summed E-state index contributed by atoms with van der Waals surface area (Å²) in [6.45, 7) is 3.45. The summed E-state index contributed by atoms with van der Waals surface area (Å²) in [5.74, 6) is -0.0121. The van der Waals surface area contributed by atoms with Gasteiger partial charge in [0.1, 0.15) is 0 Å². The summed E-state index contributed by atoms with van der Waals surface area (Å²) >= 11 is 5.43. The number of fused-ring (bicyclic) bond motifs is 1. The molecule has 0 N–H and O–H groups in total. The van der Waals surface area contributed by atoms with Gasteiger partial charge < -0.3 is 0 Å². The summed E-state index contributed by atoms with van der Waals surface area (Å²) in [6, 6.07) is 10.9. The van der Waals surface area contributed by atoms with Crippen LogP contribution in [0.15, 0.2) is 49.1 Å². The summed E-state index contributed by atoms with van der Waals surface area (Å²) in [5, 5.41) is 1.44. The Hall–Kier alpha value is -1.93. The molecule has 0 amide bonds. The third-order valence-corrected chi connectivity index (χ3v) is 2.96. The van der Waals surface area contributed by atoms with Crippen molar-refractivity contribution < 1.29 is 9.59 Å². The van der Waals surface area contributed by atoms with Crippen molar-refractivity contribution in [3.63, 3.8) is 0 Å². The second-order valence-electron chi connectivity index (χ2n) is 4.02. The Bertz CT molecular complexity index is 644. The van der Waals surface area contributed by atoms with Crippen LogP contribution in [0.25, 0.3) is 10.8 Å². The molecule has 2 aromatic carbocycles. The molecule has 0 heterocycles.